The predicted molar refractivity (Wildman–Crippen MR) is 134 cm³/mol. The number of ether oxygens (including phenoxy) is 3. The average molecular weight is 446 g/mol. The highest BCUT2D eigenvalue weighted by molar-refractivity contribution is 5.48. The second-order valence-corrected chi connectivity index (χ2v) is 9.96. The largest absolute Gasteiger partial charge is 0.493 e. The summed E-state index contributed by atoms with van der Waals surface area (Å²) in [5.74, 6) is 3.32. The van der Waals surface area contributed by atoms with Crippen LogP contribution in [0.3, 0.4) is 0 Å². The first-order chi connectivity index (χ1) is 15.8. The minimum atomic E-state index is 0.136. The van der Waals surface area contributed by atoms with Crippen molar-refractivity contribution in [2.75, 3.05) is 14.2 Å². The van der Waals surface area contributed by atoms with Crippen molar-refractivity contribution in [3.05, 3.63) is 82.9 Å². The van der Waals surface area contributed by atoms with Crippen LogP contribution in [0, 0.1) is 0 Å². The molecule has 174 valence electrons. The van der Waals surface area contributed by atoms with E-state index in [-0.39, 0.29) is 5.41 Å². The van der Waals surface area contributed by atoms with Crippen LogP contribution in [0.15, 0.2) is 60.7 Å². The third-order valence-corrected chi connectivity index (χ3v) is 6.46. The summed E-state index contributed by atoms with van der Waals surface area (Å²) >= 11 is 0. The first-order valence-corrected chi connectivity index (χ1v) is 11.6. The van der Waals surface area contributed by atoms with Gasteiger partial charge in [-0.25, -0.2) is 0 Å². The Bertz CT molecular complexity index is 1100. The number of benzene rings is 3. The molecule has 1 heterocycles. The molecule has 0 radical (unpaired) electrons. The summed E-state index contributed by atoms with van der Waals surface area (Å²) in [5, 5.41) is 0. The molecule has 1 aliphatic heterocycles. The number of rotatable bonds is 6. The van der Waals surface area contributed by atoms with Gasteiger partial charge in [-0.1, -0.05) is 45.0 Å². The van der Waals surface area contributed by atoms with Crippen LogP contribution in [0.2, 0.25) is 0 Å². The van der Waals surface area contributed by atoms with Gasteiger partial charge in [0.2, 0.25) is 0 Å². The van der Waals surface area contributed by atoms with Gasteiger partial charge in [0.25, 0.3) is 0 Å². The van der Waals surface area contributed by atoms with E-state index >= 15 is 0 Å². The van der Waals surface area contributed by atoms with Crippen LogP contribution in [-0.2, 0) is 24.9 Å². The lowest BCUT2D eigenvalue weighted by molar-refractivity contribution is 0.174. The molecule has 0 N–H and O–H groups in total. The third-order valence-electron chi connectivity index (χ3n) is 6.46. The second-order valence-electron chi connectivity index (χ2n) is 9.96. The Morgan fingerprint density at radius 2 is 1.52 bits per heavy atom. The Hall–Kier alpha value is -2.98. The summed E-state index contributed by atoms with van der Waals surface area (Å²) in [4.78, 5) is 2.51. The van der Waals surface area contributed by atoms with E-state index in [0.29, 0.717) is 6.04 Å². The first kappa shape index (κ1) is 23.2. The van der Waals surface area contributed by atoms with Crippen molar-refractivity contribution in [3.63, 3.8) is 0 Å². The van der Waals surface area contributed by atoms with Crippen LogP contribution < -0.4 is 14.2 Å². The Kier molecular flexibility index (Phi) is 6.66. The maximum atomic E-state index is 6.17. The lowest BCUT2D eigenvalue weighted by Crippen LogP contribution is -2.37. The molecule has 3 aromatic carbocycles. The van der Waals surface area contributed by atoms with Gasteiger partial charge in [0, 0.05) is 19.1 Å². The van der Waals surface area contributed by atoms with Gasteiger partial charge in [0.15, 0.2) is 11.5 Å². The number of nitrogens with zero attached hydrogens (tertiary/aromatic N) is 1. The highest BCUT2D eigenvalue weighted by atomic mass is 16.5. The van der Waals surface area contributed by atoms with Crippen LogP contribution in [0.25, 0.3) is 0 Å². The molecular formula is C29H35NO3. The molecule has 0 aliphatic carbocycles. The Morgan fingerprint density at radius 1 is 0.848 bits per heavy atom. The van der Waals surface area contributed by atoms with E-state index in [1.165, 1.54) is 22.3 Å². The zero-order chi connectivity index (χ0) is 23.6. The van der Waals surface area contributed by atoms with Gasteiger partial charge in [-0.15, -0.1) is 0 Å². The minimum absolute atomic E-state index is 0.136. The quantitative estimate of drug-likeness (QED) is 0.420. The Balaban J connectivity index is 1.47. The summed E-state index contributed by atoms with van der Waals surface area (Å²) in [7, 11) is 3.38. The van der Waals surface area contributed by atoms with E-state index in [1.54, 1.807) is 14.2 Å². The van der Waals surface area contributed by atoms with Gasteiger partial charge in [-0.3, -0.25) is 4.90 Å². The van der Waals surface area contributed by atoms with Crippen molar-refractivity contribution in [2.24, 2.45) is 0 Å². The van der Waals surface area contributed by atoms with Gasteiger partial charge >= 0.3 is 0 Å². The molecule has 3 aromatic rings. The van der Waals surface area contributed by atoms with Crippen LogP contribution in [0.1, 0.15) is 49.9 Å². The highest BCUT2D eigenvalue weighted by Gasteiger charge is 2.25. The smallest absolute Gasteiger partial charge is 0.161 e. The van der Waals surface area contributed by atoms with Gasteiger partial charge < -0.3 is 14.2 Å². The molecule has 0 amide bonds. The molecule has 0 saturated carbocycles. The lowest BCUT2D eigenvalue weighted by atomic mass is 9.87. The fourth-order valence-corrected chi connectivity index (χ4v) is 4.44. The van der Waals surface area contributed by atoms with Crippen molar-refractivity contribution in [1.29, 1.82) is 0 Å². The Morgan fingerprint density at radius 3 is 2.15 bits per heavy atom. The summed E-state index contributed by atoms with van der Waals surface area (Å²) in [6.45, 7) is 10.7. The summed E-state index contributed by atoms with van der Waals surface area (Å²) in [6.07, 6.45) is 0.992. The topological polar surface area (TPSA) is 30.9 Å². The van der Waals surface area contributed by atoms with E-state index in [9.17, 15) is 0 Å². The van der Waals surface area contributed by atoms with Crippen molar-refractivity contribution in [3.8, 4) is 23.0 Å². The molecule has 4 heteroatoms. The number of hydrogen-bond donors (Lipinski definition) is 0. The van der Waals surface area contributed by atoms with Crippen molar-refractivity contribution in [2.45, 2.75) is 58.7 Å². The predicted octanol–water partition coefficient (Wildman–Crippen LogP) is 6.74. The molecule has 4 nitrogen and oxygen atoms in total. The third kappa shape index (κ3) is 5.33. The van der Waals surface area contributed by atoms with Crippen molar-refractivity contribution in [1.82, 2.24) is 4.90 Å². The fraction of sp³-hybridized carbons (Fsp3) is 0.379. The zero-order valence-electron chi connectivity index (χ0n) is 20.6. The molecule has 0 fully saturated rings. The standard InChI is InChI=1S/C29H35NO3/c1-20-14-22-16-27(31-5)28(32-6)17-23(22)19-30(20)18-21-8-7-9-26(15-21)33-25-12-10-24(11-13-25)29(2,3)4/h7-13,15-17,20H,14,18-19H2,1-6H3. The first-order valence-electron chi connectivity index (χ1n) is 11.6. The molecule has 0 saturated heterocycles. The maximum absolute atomic E-state index is 6.17. The van der Waals surface area contributed by atoms with E-state index in [2.05, 4.69) is 87.2 Å². The van der Waals surface area contributed by atoms with Gasteiger partial charge in [0.05, 0.1) is 14.2 Å². The van der Waals surface area contributed by atoms with Crippen molar-refractivity contribution < 1.29 is 14.2 Å². The van der Waals surface area contributed by atoms with Gasteiger partial charge in [-0.05, 0) is 77.4 Å². The second kappa shape index (κ2) is 9.48. The number of fused-ring (bicyclic) bond motifs is 1. The van der Waals surface area contributed by atoms with E-state index < -0.39 is 0 Å². The molecule has 0 bridgehead atoms. The minimum Gasteiger partial charge on any atom is -0.493 e. The average Bonchev–Trinajstić information content (AvgIpc) is 2.79. The van der Waals surface area contributed by atoms with Crippen molar-refractivity contribution >= 4 is 0 Å². The maximum Gasteiger partial charge on any atom is 0.161 e. The molecule has 1 atom stereocenters. The highest BCUT2D eigenvalue weighted by Crippen LogP contribution is 2.35. The zero-order valence-corrected chi connectivity index (χ0v) is 20.6. The number of hydrogen-bond acceptors (Lipinski definition) is 4. The Labute approximate surface area is 198 Å². The van der Waals surface area contributed by atoms with Crippen LogP contribution in [0.4, 0.5) is 0 Å². The molecule has 1 aliphatic rings. The van der Waals surface area contributed by atoms with Crippen LogP contribution in [0.5, 0.6) is 23.0 Å². The summed E-state index contributed by atoms with van der Waals surface area (Å²) in [6, 6.07) is 21.5. The molecule has 33 heavy (non-hydrogen) atoms. The fourth-order valence-electron chi connectivity index (χ4n) is 4.44. The van der Waals surface area contributed by atoms with Gasteiger partial charge in [-0.2, -0.15) is 0 Å². The summed E-state index contributed by atoms with van der Waals surface area (Å²) < 4.78 is 17.2. The molecule has 0 spiro atoms. The van der Waals surface area contributed by atoms with Crippen LogP contribution >= 0.6 is 0 Å². The van der Waals surface area contributed by atoms with E-state index in [1.807, 2.05) is 6.07 Å². The molecular weight excluding hydrogens is 410 g/mol. The summed E-state index contributed by atoms with van der Waals surface area (Å²) in [5.41, 5.74) is 5.33. The normalized spacial score (nSPS) is 16.2. The van der Waals surface area contributed by atoms with E-state index in [0.717, 1.165) is 42.5 Å². The lowest BCUT2D eigenvalue weighted by Gasteiger charge is -2.35. The molecule has 0 aromatic heterocycles. The molecule has 1 unspecified atom stereocenters. The SMILES string of the molecule is COc1cc2c(cc1OC)CN(Cc1cccc(Oc3ccc(C(C)(C)C)cc3)c1)C(C)C2. The van der Waals surface area contributed by atoms with Gasteiger partial charge in [0.1, 0.15) is 11.5 Å². The number of methoxy groups -OCH3 is 2. The molecule has 4 rings (SSSR count). The van der Waals surface area contributed by atoms with E-state index in [4.69, 9.17) is 14.2 Å². The van der Waals surface area contributed by atoms with Crippen LogP contribution in [-0.4, -0.2) is 25.2 Å². The monoisotopic (exact) mass is 445 g/mol.